The van der Waals surface area contributed by atoms with E-state index in [1.165, 1.54) is 0 Å². The van der Waals surface area contributed by atoms with Crippen molar-refractivity contribution in [3.05, 3.63) is 28.9 Å². The summed E-state index contributed by atoms with van der Waals surface area (Å²) >= 11 is 3.44. The highest BCUT2D eigenvalue weighted by Crippen LogP contribution is 2.36. The lowest BCUT2D eigenvalue weighted by atomic mass is 10.1. The van der Waals surface area contributed by atoms with Crippen LogP contribution in [0.4, 0.5) is 0 Å². The first-order valence-electron chi connectivity index (χ1n) is 5.42. The number of aryl methyl sites for hydroxylation is 1. The summed E-state index contributed by atoms with van der Waals surface area (Å²) in [7, 11) is 0. The van der Waals surface area contributed by atoms with Gasteiger partial charge >= 0.3 is 0 Å². The van der Waals surface area contributed by atoms with Crippen molar-refractivity contribution in [1.29, 1.82) is 0 Å². The number of nitrogens with two attached hydrogens (primary N) is 1. The molecule has 2 aromatic heterocycles. The zero-order chi connectivity index (χ0) is 11.2. The summed E-state index contributed by atoms with van der Waals surface area (Å²) in [4.78, 5) is 8.66. The molecular formula is C11H13BrN4. The van der Waals surface area contributed by atoms with Gasteiger partial charge in [-0.05, 0) is 41.6 Å². The average Bonchev–Trinajstić information content (AvgIpc) is 2.84. The second kappa shape index (κ2) is 3.53. The van der Waals surface area contributed by atoms with E-state index in [1.807, 2.05) is 10.6 Å². The van der Waals surface area contributed by atoms with Crippen LogP contribution in [0, 0.1) is 0 Å². The molecule has 0 aliphatic heterocycles. The third kappa shape index (κ3) is 1.85. The summed E-state index contributed by atoms with van der Waals surface area (Å²) in [5.41, 5.74) is 8.18. The Kier molecular flexibility index (Phi) is 2.26. The topological polar surface area (TPSA) is 56.2 Å². The molecule has 4 nitrogen and oxygen atoms in total. The fourth-order valence-electron chi connectivity index (χ4n) is 1.85. The molecule has 2 heterocycles. The molecule has 1 aliphatic carbocycles. The van der Waals surface area contributed by atoms with Gasteiger partial charge in [0.1, 0.15) is 6.33 Å². The van der Waals surface area contributed by atoms with Gasteiger partial charge in [-0.25, -0.2) is 9.97 Å². The maximum absolute atomic E-state index is 6.06. The van der Waals surface area contributed by atoms with Gasteiger partial charge in [0.2, 0.25) is 0 Å². The van der Waals surface area contributed by atoms with E-state index < -0.39 is 0 Å². The molecule has 0 spiro atoms. The summed E-state index contributed by atoms with van der Waals surface area (Å²) in [5, 5.41) is 0. The molecule has 2 N–H and O–H groups in total. The van der Waals surface area contributed by atoms with Crippen molar-refractivity contribution in [2.45, 2.75) is 31.2 Å². The first-order chi connectivity index (χ1) is 7.66. The highest BCUT2D eigenvalue weighted by Gasteiger charge is 2.37. The molecule has 2 aromatic rings. The number of rotatable bonds is 3. The second-order valence-electron chi connectivity index (χ2n) is 4.57. The molecular weight excluding hydrogens is 268 g/mol. The van der Waals surface area contributed by atoms with Crippen molar-refractivity contribution < 1.29 is 0 Å². The SMILES string of the molecule is NC1(CCc2cn3cncc(Br)c3n2)CC1. The largest absolute Gasteiger partial charge is 0.325 e. The van der Waals surface area contributed by atoms with Crippen LogP contribution in [0.3, 0.4) is 0 Å². The highest BCUT2D eigenvalue weighted by molar-refractivity contribution is 9.10. The molecule has 3 rings (SSSR count). The van der Waals surface area contributed by atoms with E-state index >= 15 is 0 Å². The lowest BCUT2D eigenvalue weighted by molar-refractivity contribution is 0.604. The van der Waals surface area contributed by atoms with Gasteiger partial charge in [0.05, 0.1) is 10.2 Å². The lowest BCUT2D eigenvalue weighted by Crippen LogP contribution is -2.22. The van der Waals surface area contributed by atoms with Crippen molar-refractivity contribution in [3.63, 3.8) is 0 Å². The van der Waals surface area contributed by atoms with Crippen LogP contribution in [0.1, 0.15) is 25.0 Å². The van der Waals surface area contributed by atoms with Crippen LogP contribution in [-0.2, 0) is 6.42 Å². The van der Waals surface area contributed by atoms with Gasteiger partial charge in [-0.3, -0.25) is 4.40 Å². The summed E-state index contributed by atoms with van der Waals surface area (Å²) in [6, 6.07) is 0. The Hall–Kier alpha value is -0.940. The van der Waals surface area contributed by atoms with Gasteiger partial charge in [0, 0.05) is 17.9 Å². The van der Waals surface area contributed by atoms with Crippen LogP contribution < -0.4 is 5.73 Å². The molecule has 1 aliphatic rings. The van der Waals surface area contributed by atoms with Gasteiger partial charge in [-0.2, -0.15) is 0 Å². The predicted molar refractivity (Wildman–Crippen MR) is 65.2 cm³/mol. The molecule has 16 heavy (non-hydrogen) atoms. The van der Waals surface area contributed by atoms with Crippen LogP contribution in [0.25, 0.3) is 5.65 Å². The average molecular weight is 281 g/mol. The standard InChI is InChI=1S/C11H13BrN4/c12-9-5-14-7-16-6-8(15-10(9)16)1-2-11(13)3-4-11/h5-7H,1-4,13H2. The van der Waals surface area contributed by atoms with Crippen LogP contribution >= 0.6 is 15.9 Å². The third-order valence-electron chi connectivity index (χ3n) is 3.15. The molecule has 0 atom stereocenters. The number of nitrogens with zero attached hydrogens (tertiary/aromatic N) is 3. The fraction of sp³-hybridized carbons (Fsp3) is 0.455. The minimum absolute atomic E-state index is 0.102. The zero-order valence-corrected chi connectivity index (χ0v) is 10.4. The van der Waals surface area contributed by atoms with Crippen molar-refractivity contribution in [1.82, 2.24) is 14.4 Å². The van der Waals surface area contributed by atoms with E-state index in [4.69, 9.17) is 5.73 Å². The Morgan fingerprint density at radius 2 is 2.31 bits per heavy atom. The quantitative estimate of drug-likeness (QED) is 0.935. The molecule has 0 radical (unpaired) electrons. The van der Waals surface area contributed by atoms with Crippen LogP contribution in [0.2, 0.25) is 0 Å². The molecule has 0 amide bonds. The summed E-state index contributed by atoms with van der Waals surface area (Å²) in [6.45, 7) is 0. The number of hydrogen-bond donors (Lipinski definition) is 1. The van der Waals surface area contributed by atoms with E-state index in [9.17, 15) is 0 Å². The van der Waals surface area contributed by atoms with Gasteiger partial charge < -0.3 is 5.73 Å². The Labute approximate surface area is 102 Å². The number of imidazole rings is 1. The van der Waals surface area contributed by atoms with Gasteiger partial charge in [0.15, 0.2) is 5.65 Å². The van der Waals surface area contributed by atoms with E-state index in [0.29, 0.717) is 0 Å². The van der Waals surface area contributed by atoms with Crippen molar-refractivity contribution >= 4 is 21.6 Å². The molecule has 0 bridgehead atoms. The number of aromatic nitrogens is 3. The normalized spacial score (nSPS) is 17.9. The fourth-order valence-corrected chi connectivity index (χ4v) is 2.26. The van der Waals surface area contributed by atoms with E-state index in [1.54, 1.807) is 12.5 Å². The van der Waals surface area contributed by atoms with Crippen LogP contribution in [-0.4, -0.2) is 19.9 Å². The Balaban J connectivity index is 1.85. The highest BCUT2D eigenvalue weighted by atomic mass is 79.9. The van der Waals surface area contributed by atoms with Crippen LogP contribution in [0.5, 0.6) is 0 Å². The summed E-state index contributed by atoms with van der Waals surface area (Å²) < 4.78 is 2.87. The number of fused-ring (bicyclic) bond motifs is 1. The molecule has 0 saturated heterocycles. The first kappa shape index (κ1) is 10.2. The van der Waals surface area contributed by atoms with Crippen LogP contribution in [0.15, 0.2) is 23.2 Å². The van der Waals surface area contributed by atoms with Gasteiger partial charge in [-0.1, -0.05) is 0 Å². The minimum atomic E-state index is 0.102. The maximum Gasteiger partial charge on any atom is 0.154 e. The molecule has 0 aromatic carbocycles. The second-order valence-corrected chi connectivity index (χ2v) is 5.42. The molecule has 5 heteroatoms. The smallest absolute Gasteiger partial charge is 0.154 e. The third-order valence-corrected chi connectivity index (χ3v) is 3.71. The van der Waals surface area contributed by atoms with Crippen molar-refractivity contribution in [3.8, 4) is 0 Å². The Morgan fingerprint density at radius 1 is 1.50 bits per heavy atom. The Bertz CT molecular complexity index is 530. The minimum Gasteiger partial charge on any atom is -0.325 e. The maximum atomic E-state index is 6.06. The van der Waals surface area contributed by atoms with E-state index in [2.05, 4.69) is 25.9 Å². The van der Waals surface area contributed by atoms with E-state index in [-0.39, 0.29) is 5.54 Å². The number of hydrogen-bond acceptors (Lipinski definition) is 3. The molecule has 0 unspecified atom stereocenters. The molecule has 1 fully saturated rings. The van der Waals surface area contributed by atoms with E-state index in [0.717, 1.165) is 41.5 Å². The van der Waals surface area contributed by atoms with Gasteiger partial charge in [-0.15, -0.1) is 0 Å². The summed E-state index contributed by atoms with van der Waals surface area (Å²) in [5.74, 6) is 0. The Morgan fingerprint density at radius 3 is 3.00 bits per heavy atom. The predicted octanol–water partition coefficient (Wildman–Crippen LogP) is 1.92. The first-order valence-corrected chi connectivity index (χ1v) is 6.22. The zero-order valence-electron chi connectivity index (χ0n) is 8.86. The van der Waals surface area contributed by atoms with Gasteiger partial charge in [0.25, 0.3) is 0 Å². The monoisotopic (exact) mass is 280 g/mol. The molecule has 1 saturated carbocycles. The lowest BCUT2D eigenvalue weighted by Gasteiger charge is -2.04. The van der Waals surface area contributed by atoms with Crippen molar-refractivity contribution in [2.75, 3.05) is 0 Å². The van der Waals surface area contributed by atoms with Crippen molar-refractivity contribution in [2.24, 2.45) is 5.73 Å². The summed E-state index contributed by atoms with van der Waals surface area (Å²) in [6.07, 6.45) is 9.85. The number of halogens is 1. The molecule has 84 valence electrons.